The van der Waals surface area contributed by atoms with Crippen molar-refractivity contribution in [3.05, 3.63) is 0 Å². The molecule has 1 rings (SSSR count). The first-order valence-electron chi connectivity index (χ1n) is 7.43. The van der Waals surface area contributed by atoms with E-state index in [9.17, 15) is 14.4 Å². The number of nitrogens with zero attached hydrogens (tertiary/aromatic N) is 1. The molecule has 2 amide bonds. The molecular weight excluding hydrogens is 276 g/mol. The van der Waals surface area contributed by atoms with Gasteiger partial charge in [-0.1, -0.05) is 0 Å². The summed E-state index contributed by atoms with van der Waals surface area (Å²) in [6, 6.07) is 0. The van der Waals surface area contributed by atoms with Gasteiger partial charge in [0.05, 0.1) is 0 Å². The topological polar surface area (TPSA) is 95.9 Å². The lowest BCUT2D eigenvalue weighted by molar-refractivity contribution is -0.151. The van der Waals surface area contributed by atoms with Gasteiger partial charge in [-0.15, -0.1) is 0 Å². The van der Waals surface area contributed by atoms with Gasteiger partial charge in [0.2, 0.25) is 11.8 Å². The molecule has 0 aromatic carbocycles. The quantitative estimate of drug-likeness (QED) is 0.632. The first-order valence-corrected chi connectivity index (χ1v) is 7.43. The summed E-state index contributed by atoms with van der Waals surface area (Å²) in [5.74, 6) is -1.25. The monoisotopic (exact) mass is 300 g/mol. The maximum atomic E-state index is 11.8. The number of nitrogens with one attached hydrogen (secondary N) is 1. The number of hydrogen-bond donors (Lipinski definition) is 2. The van der Waals surface area contributed by atoms with Crippen molar-refractivity contribution >= 4 is 17.8 Å². The predicted octanol–water partition coefficient (Wildman–Crippen LogP) is 0.383. The summed E-state index contributed by atoms with van der Waals surface area (Å²) in [4.78, 5) is 36.0. The Morgan fingerprint density at radius 2 is 1.81 bits per heavy atom. The molecule has 2 N–H and O–H groups in total. The molecule has 7 heteroatoms. The van der Waals surface area contributed by atoms with E-state index in [1.54, 1.807) is 4.90 Å². The Labute approximate surface area is 124 Å². The lowest BCUT2D eigenvalue weighted by Gasteiger charge is -2.18. The van der Waals surface area contributed by atoms with Crippen LogP contribution in [0.15, 0.2) is 0 Å². The standard InChI is InChI=1S/C14H24N2O5/c1-3-16(4-2)12(17)6-5-9-15-13(18)10-7-8-11(21-10)14(19)20/h10-11H,3-9H2,1-2H3,(H,15,18)(H,19,20)/t10-,11+/m0/s1. The van der Waals surface area contributed by atoms with Crippen LogP contribution >= 0.6 is 0 Å². The molecule has 0 radical (unpaired) electrons. The number of ether oxygens (including phenoxy) is 1. The van der Waals surface area contributed by atoms with E-state index in [0.717, 1.165) is 0 Å². The number of rotatable bonds is 8. The average molecular weight is 300 g/mol. The molecule has 7 nitrogen and oxygen atoms in total. The minimum Gasteiger partial charge on any atom is -0.479 e. The van der Waals surface area contributed by atoms with Gasteiger partial charge in [-0.25, -0.2) is 4.79 Å². The fraction of sp³-hybridized carbons (Fsp3) is 0.786. The van der Waals surface area contributed by atoms with E-state index in [1.807, 2.05) is 13.8 Å². The molecule has 2 atom stereocenters. The zero-order chi connectivity index (χ0) is 15.8. The predicted molar refractivity (Wildman–Crippen MR) is 75.7 cm³/mol. The molecule has 0 saturated carbocycles. The second-order valence-electron chi connectivity index (χ2n) is 4.99. The van der Waals surface area contributed by atoms with Crippen molar-refractivity contribution in [1.82, 2.24) is 10.2 Å². The van der Waals surface area contributed by atoms with Gasteiger partial charge in [-0.3, -0.25) is 9.59 Å². The number of carbonyl (C=O) groups excluding carboxylic acids is 2. The van der Waals surface area contributed by atoms with Crippen LogP contribution in [0.4, 0.5) is 0 Å². The summed E-state index contributed by atoms with van der Waals surface area (Å²) >= 11 is 0. The molecule has 120 valence electrons. The Kier molecular flexibility index (Phi) is 7.14. The molecule has 1 fully saturated rings. The summed E-state index contributed by atoms with van der Waals surface area (Å²) in [6.45, 7) is 5.63. The van der Waals surface area contributed by atoms with E-state index in [-0.39, 0.29) is 11.8 Å². The molecule has 1 saturated heterocycles. The Bertz CT molecular complexity index is 382. The van der Waals surface area contributed by atoms with Crippen molar-refractivity contribution in [3.63, 3.8) is 0 Å². The van der Waals surface area contributed by atoms with Gasteiger partial charge >= 0.3 is 5.97 Å². The molecule has 1 aliphatic heterocycles. The van der Waals surface area contributed by atoms with Crippen molar-refractivity contribution in [2.24, 2.45) is 0 Å². The lowest BCUT2D eigenvalue weighted by atomic mass is 10.2. The minimum atomic E-state index is -1.03. The van der Waals surface area contributed by atoms with Gasteiger partial charge in [0.25, 0.3) is 0 Å². The highest BCUT2D eigenvalue weighted by molar-refractivity contribution is 5.82. The second-order valence-corrected chi connectivity index (χ2v) is 4.99. The van der Waals surface area contributed by atoms with E-state index in [4.69, 9.17) is 9.84 Å². The van der Waals surface area contributed by atoms with E-state index in [2.05, 4.69) is 5.32 Å². The SMILES string of the molecule is CCN(CC)C(=O)CCCNC(=O)[C@@H]1CC[C@H](C(=O)O)O1. The number of amides is 2. The molecule has 0 aromatic rings. The summed E-state index contributed by atoms with van der Waals surface area (Å²) in [6.07, 6.45) is 0.158. The zero-order valence-electron chi connectivity index (χ0n) is 12.6. The minimum absolute atomic E-state index is 0.0808. The van der Waals surface area contributed by atoms with Crippen molar-refractivity contribution in [3.8, 4) is 0 Å². The maximum Gasteiger partial charge on any atom is 0.332 e. The van der Waals surface area contributed by atoms with Gasteiger partial charge in [-0.2, -0.15) is 0 Å². The molecule has 21 heavy (non-hydrogen) atoms. The van der Waals surface area contributed by atoms with Gasteiger partial charge in [0, 0.05) is 26.1 Å². The van der Waals surface area contributed by atoms with E-state index in [0.29, 0.717) is 45.3 Å². The smallest absolute Gasteiger partial charge is 0.332 e. The van der Waals surface area contributed by atoms with Crippen LogP contribution in [-0.4, -0.2) is 59.6 Å². The third-order valence-electron chi connectivity index (χ3n) is 3.57. The van der Waals surface area contributed by atoms with Gasteiger partial charge in [0.1, 0.15) is 6.10 Å². The molecule has 0 bridgehead atoms. The first kappa shape index (κ1) is 17.4. The highest BCUT2D eigenvalue weighted by atomic mass is 16.5. The van der Waals surface area contributed by atoms with E-state index in [1.165, 1.54) is 0 Å². The van der Waals surface area contributed by atoms with Crippen LogP contribution in [0.1, 0.15) is 39.5 Å². The highest BCUT2D eigenvalue weighted by Crippen LogP contribution is 2.19. The van der Waals surface area contributed by atoms with Gasteiger partial charge < -0.3 is 20.1 Å². The fourth-order valence-electron chi connectivity index (χ4n) is 2.31. The van der Waals surface area contributed by atoms with Crippen molar-refractivity contribution in [1.29, 1.82) is 0 Å². The van der Waals surface area contributed by atoms with Crippen LogP contribution in [0.3, 0.4) is 0 Å². The van der Waals surface area contributed by atoms with Gasteiger partial charge in [0.15, 0.2) is 6.10 Å². The van der Waals surface area contributed by atoms with Crippen LogP contribution in [0.5, 0.6) is 0 Å². The molecular formula is C14H24N2O5. The van der Waals surface area contributed by atoms with Crippen molar-refractivity contribution < 1.29 is 24.2 Å². The van der Waals surface area contributed by atoms with Crippen LogP contribution < -0.4 is 5.32 Å². The number of carboxylic acid groups (broad SMARTS) is 1. The Morgan fingerprint density at radius 3 is 2.33 bits per heavy atom. The van der Waals surface area contributed by atoms with Crippen LogP contribution in [-0.2, 0) is 19.1 Å². The largest absolute Gasteiger partial charge is 0.479 e. The zero-order valence-corrected chi connectivity index (χ0v) is 12.6. The van der Waals surface area contributed by atoms with E-state index >= 15 is 0 Å². The molecule has 1 heterocycles. The fourth-order valence-corrected chi connectivity index (χ4v) is 2.31. The Hall–Kier alpha value is -1.63. The average Bonchev–Trinajstić information content (AvgIpc) is 2.94. The lowest BCUT2D eigenvalue weighted by Crippen LogP contribution is -2.36. The van der Waals surface area contributed by atoms with Crippen LogP contribution in [0.25, 0.3) is 0 Å². The number of hydrogen-bond acceptors (Lipinski definition) is 4. The summed E-state index contributed by atoms with van der Waals surface area (Å²) in [5, 5.41) is 11.5. The number of aliphatic carboxylic acids is 1. The first-order chi connectivity index (χ1) is 9.99. The van der Waals surface area contributed by atoms with Crippen molar-refractivity contribution in [2.75, 3.05) is 19.6 Å². The van der Waals surface area contributed by atoms with E-state index < -0.39 is 18.2 Å². The highest BCUT2D eigenvalue weighted by Gasteiger charge is 2.34. The third-order valence-corrected chi connectivity index (χ3v) is 3.57. The molecule has 0 aromatic heterocycles. The maximum absolute atomic E-state index is 11.8. The molecule has 0 spiro atoms. The normalized spacial score (nSPS) is 21.0. The molecule has 1 aliphatic rings. The third kappa shape index (κ3) is 5.34. The second kappa shape index (κ2) is 8.61. The number of carbonyl (C=O) groups is 3. The summed E-state index contributed by atoms with van der Waals surface area (Å²) in [5.41, 5.74) is 0. The van der Waals surface area contributed by atoms with Crippen molar-refractivity contribution in [2.45, 2.75) is 51.7 Å². The molecule has 0 aliphatic carbocycles. The molecule has 0 unspecified atom stereocenters. The van der Waals surface area contributed by atoms with Crippen LogP contribution in [0, 0.1) is 0 Å². The summed E-state index contributed by atoms with van der Waals surface area (Å²) < 4.78 is 5.15. The Morgan fingerprint density at radius 1 is 1.19 bits per heavy atom. The van der Waals surface area contributed by atoms with Crippen LogP contribution in [0.2, 0.25) is 0 Å². The summed E-state index contributed by atoms with van der Waals surface area (Å²) in [7, 11) is 0. The number of carboxylic acids is 1. The van der Waals surface area contributed by atoms with Gasteiger partial charge in [-0.05, 0) is 33.1 Å². The Balaban J connectivity index is 2.20.